The van der Waals surface area contributed by atoms with Gasteiger partial charge in [-0.15, -0.1) is 0 Å². The maximum Gasteiger partial charge on any atom is 0.253 e. The first-order valence-corrected chi connectivity index (χ1v) is 9.76. The molecule has 132 valence electrons. The Bertz CT molecular complexity index is 680. The average Bonchev–Trinajstić information content (AvgIpc) is 3.14. The van der Waals surface area contributed by atoms with Gasteiger partial charge in [0, 0.05) is 44.9 Å². The van der Waals surface area contributed by atoms with E-state index in [0.717, 1.165) is 25.9 Å². The van der Waals surface area contributed by atoms with Gasteiger partial charge in [-0.1, -0.05) is 6.07 Å². The zero-order chi connectivity index (χ0) is 17.0. The normalized spacial score (nSPS) is 21.8. The van der Waals surface area contributed by atoms with Crippen LogP contribution < -0.4 is 10.0 Å². The molecule has 8 heteroatoms. The first-order chi connectivity index (χ1) is 11.6. The summed E-state index contributed by atoms with van der Waals surface area (Å²) in [5.74, 6) is -0.132. The van der Waals surface area contributed by atoms with Crippen molar-refractivity contribution in [3.63, 3.8) is 0 Å². The standard InChI is InChI=1S/C16H23N3O4S/c20-16(19-8-6-17-7-9-19)13-3-1-5-15(11-13)24(21,22)18-12-14-4-2-10-23-14/h1,3,5,11,14,17-18H,2,4,6-10,12H2. The first kappa shape index (κ1) is 17.3. The van der Waals surface area contributed by atoms with E-state index in [1.807, 2.05) is 0 Å². The highest BCUT2D eigenvalue weighted by molar-refractivity contribution is 7.89. The minimum absolute atomic E-state index is 0.0644. The van der Waals surface area contributed by atoms with Gasteiger partial charge in [-0.2, -0.15) is 0 Å². The van der Waals surface area contributed by atoms with Gasteiger partial charge in [-0.25, -0.2) is 13.1 Å². The van der Waals surface area contributed by atoms with Crippen LogP contribution in [0.2, 0.25) is 0 Å². The van der Waals surface area contributed by atoms with Gasteiger partial charge in [0.15, 0.2) is 0 Å². The molecule has 0 saturated carbocycles. The molecule has 2 aliphatic rings. The van der Waals surface area contributed by atoms with E-state index < -0.39 is 10.0 Å². The van der Waals surface area contributed by atoms with Crippen LogP contribution in [0.4, 0.5) is 0 Å². The lowest BCUT2D eigenvalue weighted by molar-refractivity contribution is 0.0735. The predicted molar refractivity (Wildman–Crippen MR) is 89.4 cm³/mol. The monoisotopic (exact) mass is 353 g/mol. The number of carbonyl (C=O) groups excluding carboxylic acids is 1. The van der Waals surface area contributed by atoms with Crippen LogP contribution in [0.25, 0.3) is 0 Å². The van der Waals surface area contributed by atoms with Gasteiger partial charge >= 0.3 is 0 Å². The number of hydrogen-bond donors (Lipinski definition) is 2. The topological polar surface area (TPSA) is 87.7 Å². The van der Waals surface area contributed by atoms with Crippen LogP contribution in [-0.2, 0) is 14.8 Å². The second kappa shape index (κ2) is 7.60. The van der Waals surface area contributed by atoms with Crippen molar-refractivity contribution in [3.05, 3.63) is 29.8 Å². The minimum Gasteiger partial charge on any atom is -0.377 e. The van der Waals surface area contributed by atoms with E-state index >= 15 is 0 Å². The first-order valence-electron chi connectivity index (χ1n) is 8.27. The molecule has 2 N–H and O–H groups in total. The number of nitrogens with one attached hydrogen (secondary N) is 2. The third kappa shape index (κ3) is 4.13. The van der Waals surface area contributed by atoms with Crippen molar-refractivity contribution >= 4 is 15.9 Å². The Morgan fingerprint density at radius 2 is 2.12 bits per heavy atom. The zero-order valence-corrected chi connectivity index (χ0v) is 14.3. The van der Waals surface area contributed by atoms with Gasteiger partial charge in [-0.3, -0.25) is 4.79 Å². The van der Waals surface area contributed by atoms with Crippen molar-refractivity contribution in [3.8, 4) is 0 Å². The molecule has 0 aliphatic carbocycles. The van der Waals surface area contributed by atoms with Gasteiger partial charge in [-0.05, 0) is 31.0 Å². The summed E-state index contributed by atoms with van der Waals surface area (Å²) < 4.78 is 32.9. The Balaban J connectivity index is 1.70. The molecule has 7 nitrogen and oxygen atoms in total. The SMILES string of the molecule is O=C(c1cccc(S(=O)(=O)NCC2CCCO2)c1)N1CCNCC1. The highest BCUT2D eigenvalue weighted by Gasteiger charge is 2.23. The number of nitrogens with zero attached hydrogens (tertiary/aromatic N) is 1. The Morgan fingerprint density at radius 3 is 2.83 bits per heavy atom. The Morgan fingerprint density at radius 1 is 1.33 bits per heavy atom. The molecule has 1 aromatic rings. The van der Waals surface area contributed by atoms with E-state index in [0.29, 0.717) is 25.3 Å². The molecule has 0 spiro atoms. The van der Waals surface area contributed by atoms with Crippen molar-refractivity contribution in [2.75, 3.05) is 39.3 Å². The van der Waals surface area contributed by atoms with Gasteiger partial charge in [0.2, 0.25) is 10.0 Å². The van der Waals surface area contributed by atoms with E-state index in [1.54, 1.807) is 17.0 Å². The smallest absolute Gasteiger partial charge is 0.253 e. The molecular formula is C16H23N3O4S. The van der Waals surface area contributed by atoms with Gasteiger partial charge < -0.3 is 15.0 Å². The lowest BCUT2D eigenvalue weighted by Gasteiger charge is -2.27. The molecule has 2 fully saturated rings. The van der Waals surface area contributed by atoms with Crippen molar-refractivity contribution in [2.24, 2.45) is 0 Å². The van der Waals surface area contributed by atoms with Gasteiger partial charge in [0.05, 0.1) is 11.0 Å². The van der Waals surface area contributed by atoms with Crippen LogP contribution in [0.5, 0.6) is 0 Å². The van der Waals surface area contributed by atoms with Gasteiger partial charge in [0.1, 0.15) is 0 Å². The molecule has 1 amide bonds. The maximum absolute atomic E-state index is 12.5. The summed E-state index contributed by atoms with van der Waals surface area (Å²) in [4.78, 5) is 14.4. The number of sulfonamides is 1. The number of benzene rings is 1. The third-order valence-electron chi connectivity index (χ3n) is 4.32. The molecule has 2 aliphatic heterocycles. The number of amides is 1. The second-order valence-corrected chi connectivity index (χ2v) is 7.82. The third-order valence-corrected chi connectivity index (χ3v) is 5.74. The summed E-state index contributed by atoms with van der Waals surface area (Å²) in [6.45, 7) is 3.72. The summed E-state index contributed by atoms with van der Waals surface area (Å²) in [6.07, 6.45) is 1.76. The summed E-state index contributed by atoms with van der Waals surface area (Å²) in [5.41, 5.74) is 0.400. The number of hydrogen-bond acceptors (Lipinski definition) is 5. The summed E-state index contributed by atoms with van der Waals surface area (Å²) in [6, 6.07) is 6.22. The van der Waals surface area contributed by atoms with Crippen LogP contribution in [0.1, 0.15) is 23.2 Å². The second-order valence-electron chi connectivity index (χ2n) is 6.06. The number of rotatable bonds is 5. The molecule has 3 rings (SSSR count). The molecule has 1 unspecified atom stereocenters. The van der Waals surface area contributed by atoms with Crippen LogP contribution in [-0.4, -0.2) is 64.7 Å². The Labute approximate surface area is 142 Å². The van der Waals surface area contributed by atoms with Crippen molar-refractivity contribution in [2.45, 2.75) is 23.8 Å². The summed E-state index contributed by atoms with van der Waals surface area (Å²) in [5, 5.41) is 3.19. The number of carbonyl (C=O) groups is 1. The average molecular weight is 353 g/mol. The molecular weight excluding hydrogens is 330 g/mol. The molecule has 0 bridgehead atoms. The fourth-order valence-corrected chi connectivity index (χ4v) is 4.05. The highest BCUT2D eigenvalue weighted by atomic mass is 32.2. The van der Waals surface area contributed by atoms with E-state index in [2.05, 4.69) is 10.0 Å². The molecule has 0 aromatic heterocycles. The molecule has 2 heterocycles. The summed E-state index contributed by atoms with van der Waals surface area (Å²) >= 11 is 0. The van der Waals surface area contributed by atoms with Crippen LogP contribution >= 0.6 is 0 Å². The minimum atomic E-state index is -3.65. The number of piperazine rings is 1. The maximum atomic E-state index is 12.5. The van der Waals surface area contributed by atoms with Crippen LogP contribution in [0.3, 0.4) is 0 Å². The van der Waals surface area contributed by atoms with Crippen LogP contribution in [0, 0.1) is 0 Å². The van der Waals surface area contributed by atoms with E-state index in [-0.39, 0.29) is 23.5 Å². The fraction of sp³-hybridized carbons (Fsp3) is 0.562. The molecule has 1 atom stereocenters. The fourth-order valence-electron chi connectivity index (χ4n) is 2.94. The Hall–Kier alpha value is -1.48. The molecule has 0 radical (unpaired) electrons. The van der Waals surface area contributed by atoms with E-state index in [4.69, 9.17) is 4.74 Å². The van der Waals surface area contributed by atoms with Crippen molar-refractivity contribution < 1.29 is 17.9 Å². The molecule has 1 aromatic carbocycles. The van der Waals surface area contributed by atoms with Crippen LogP contribution in [0.15, 0.2) is 29.2 Å². The van der Waals surface area contributed by atoms with Gasteiger partial charge in [0.25, 0.3) is 5.91 Å². The molecule has 24 heavy (non-hydrogen) atoms. The highest BCUT2D eigenvalue weighted by Crippen LogP contribution is 2.15. The zero-order valence-electron chi connectivity index (χ0n) is 13.5. The summed E-state index contributed by atoms with van der Waals surface area (Å²) in [7, 11) is -3.65. The Kier molecular flexibility index (Phi) is 5.50. The largest absolute Gasteiger partial charge is 0.377 e. The lowest BCUT2D eigenvalue weighted by Crippen LogP contribution is -2.46. The quantitative estimate of drug-likeness (QED) is 0.789. The predicted octanol–water partition coefficient (Wildman–Crippen LogP) is 0.189. The lowest BCUT2D eigenvalue weighted by atomic mass is 10.2. The molecule has 2 saturated heterocycles. The van der Waals surface area contributed by atoms with Crippen molar-refractivity contribution in [1.29, 1.82) is 0 Å². The van der Waals surface area contributed by atoms with E-state index in [9.17, 15) is 13.2 Å². The number of ether oxygens (including phenoxy) is 1. The van der Waals surface area contributed by atoms with Crippen molar-refractivity contribution in [1.82, 2.24) is 14.9 Å². The van der Waals surface area contributed by atoms with E-state index in [1.165, 1.54) is 12.1 Å².